The number of nitrogens with zero attached hydrogens (tertiary/aromatic N) is 2. The van der Waals surface area contributed by atoms with Crippen LogP contribution in [0.15, 0.2) is 132 Å². The number of aryl methyl sites for hydroxylation is 1. The van der Waals surface area contributed by atoms with Crippen molar-refractivity contribution in [3.63, 3.8) is 0 Å². The molecule has 0 atom stereocenters. The van der Waals surface area contributed by atoms with Crippen LogP contribution in [0, 0.1) is 6.92 Å². The fourth-order valence-corrected chi connectivity index (χ4v) is 7.99. The Kier molecular flexibility index (Phi) is 9.23. The quantitative estimate of drug-likeness (QED) is 0.190. The minimum Gasteiger partial charge on any atom is -0.507 e. The van der Waals surface area contributed by atoms with Crippen molar-refractivity contribution in [3.05, 3.63) is 150 Å². The van der Waals surface area contributed by atoms with Gasteiger partial charge in [-0.2, -0.15) is 0 Å². The summed E-state index contributed by atoms with van der Waals surface area (Å²) in [5, 5.41) is 12.4. The van der Waals surface area contributed by atoms with Gasteiger partial charge in [-0.05, 0) is 133 Å². The summed E-state index contributed by atoms with van der Waals surface area (Å²) >= 11 is 0. The van der Waals surface area contributed by atoms with Crippen LogP contribution in [-0.2, 0) is 16.2 Å². The van der Waals surface area contributed by atoms with E-state index in [2.05, 4.69) is 166 Å². The fraction of sp³-hybridized carbons (Fsp3) is 0.245. The average Bonchev–Trinajstić information content (AvgIpc) is 3.61. The Morgan fingerprint density at radius 2 is 1.09 bits per heavy atom. The molecule has 2 aromatic heterocycles. The minimum absolute atomic E-state index is 0.0349. The second-order valence-electron chi connectivity index (χ2n) is 18.6. The summed E-state index contributed by atoms with van der Waals surface area (Å²) in [6, 6.07) is 42.9. The number of benzene rings is 6. The molecule has 0 fully saturated rings. The topological polar surface area (TPSA) is 59.2 Å². The highest BCUT2D eigenvalue weighted by Gasteiger charge is 2.24. The van der Waals surface area contributed by atoms with Crippen LogP contribution in [0.5, 0.6) is 5.75 Å². The van der Waals surface area contributed by atoms with E-state index < -0.39 is 0 Å². The highest BCUT2D eigenvalue weighted by molar-refractivity contribution is 6.01. The molecule has 0 aliphatic carbocycles. The van der Waals surface area contributed by atoms with Gasteiger partial charge in [0, 0.05) is 22.7 Å². The van der Waals surface area contributed by atoms with Gasteiger partial charge in [-0.3, -0.25) is 4.98 Å². The molecule has 2 heterocycles. The maximum Gasteiger partial charge on any atom is 0.231 e. The lowest BCUT2D eigenvalue weighted by molar-refractivity contribution is 0.473. The molecule has 8 aromatic rings. The SMILES string of the molecule is Cc1c(C(C)(C)C)cc(-c2cc(-c3ccccc3)cc(-c3cc(-c4ccc(C(C)(C)C)cc4)cc4oc(-c5cc(C(C)(C)C)ccc5O)nc34)c2)c2ncccc12. The monoisotopic (exact) mass is 748 g/mol. The smallest absolute Gasteiger partial charge is 0.231 e. The van der Waals surface area contributed by atoms with Gasteiger partial charge in [0.15, 0.2) is 5.58 Å². The Hall–Kier alpha value is -6.00. The molecule has 4 heteroatoms. The van der Waals surface area contributed by atoms with Gasteiger partial charge in [0.05, 0.1) is 11.1 Å². The largest absolute Gasteiger partial charge is 0.507 e. The van der Waals surface area contributed by atoms with Crippen LogP contribution in [0.4, 0.5) is 0 Å². The Labute approximate surface area is 337 Å². The van der Waals surface area contributed by atoms with Gasteiger partial charge < -0.3 is 9.52 Å². The molecule has 6 aromatic carbocycles. The van der Waals surface area contributed by atoms with Gasteiger partial charge >= 0.3 is 0 Å². The Morgan fingerprint density at radius 3 is 1.74 bits per heavy atom. The molecule has 0 unspecified atom stereocenters. The van der Waals surface area contributed by atoms with Gasteiger partial charge in [0.25, 0.3) is 0 Å². The molecule has 57 heavy (non-hydrogen) atoms. The molecule has 286 valence electrons. The molecule has 8 rings (SSSR count). The minimum atomic E-state index is -0.123. The van der Waals surface area contributed by atoms with Crippen molar-refractivity contribution >= 4 is 22.0 Å². The molecule has 0 saturated carbocycles. The zero-order valence-corrected chi connectivity index (χ0v) is 34.9. The molecule has 0 radical (unpaired) electrons. The van der Waals surface area contributed by atoms with E-state index in [0.717, 1.165) is 66.5 Å². The summed E-state index contributed by atoms with van der Waals surface area (Å²) in [4.78, 5) is 10.2. The van der Waals surface area contributed by atoms with Gasteiger partial charge in [0.1, 0.15) is 11.3 Å². The summed E-state index contributed by atoms with van der Waals surface area (Å²) in [7, 11) is 0. The molecular weight excluding hydrogens is 697 g/mol. The van der Waals surface area contributed by atoms with Crippen molar-refractivity contribution in [2.24, 2.45) is 0 Å². The van der Waals surface area contributed by atoms with E-state index in [4.69, 9.17) is 14.4 Å². The van der Waals surface area contributed by atoms with Gasteiger partial charge in [-0.25, -0.2) is 4.98 Å². The van der Waals surface area contributed by atoms with Crippen LogP contribution in [0.2, 0.25) is 0 Å². The zero-order valence-electron chi connectivity index (χ0n) is 34.9. The molecule has 0 amide bonds. The van der Waals surface area contributed by atoms with E-state index in [1.807, 2.05) is 24.4 Å². The molecule has 0 aliphatic rings. The van der Waals surface area contributed by atoms with E-state index in [1.54, 1.807) is 6.07 Å². The Balaban J connectivity index is 1.43. The fourth-order valence-electron chi connectivity index (χ4n) is 7.99. The summed E-state index contributed by atoms with van der Waals surface area (Å²) in [5.41, 5.74) is 16.2. The first-order chi connectivity index (χ1) is 27.0. The van der Waals surface area contributed by atoms with Crippen LogP contribution < -0.4 is 0 Å². The summed E-state index contributed by atoms with van der Waals surface area (Å²) in [5.74, 6) is 0.522. The first-order valence-electron chi connectivity index (χ1n) is 20.0. The third-order valence-corrected chi connectivity index (χ3v) is 11.3. The molecule has 0 saturated heterocycles. The standard InChI is InChI=1S/C53H52N2O2/c1-32-41-17-14-24-54-48(41)43(31-45(32)53(8,9)10)38-26-35(33-15-12-11-13-16-33)25-37(27-38)42-28-36(34-18-20-39(21-19-34)51(2,3)4)29-47-49(42)55-50(57-47)44-30-40(52(5,6)7)22-23-46(44)56/h11-31,56H,1-10H3. The molecule has 1 N–H and O–H groups in total. The number of aromatic hydroxyl groups is 1. The number of pyridine rings is 1. The maximum absolute atomic E-state index is 11.2. The van der Waals surface area contributed by atoms with Crippen LogP contribution in [0.1, 0.15) is 84.6 Å². The number of oxazole rings is 1. The molecule has 0 aliphatic heterocycles. The van der Waals surface area contributed by atoms with Crippen molar-refractivity contribution in [1.29, 1.82) is 0 Å². The average molecular weight is 749 g/mol. The van der Waals surface area contributed by atoms with Gasteiger partial charge in [0.2, 0.25) is 5.89 Å². The predicted octanol–water partition coefficient (Wildman–Crippen LogP) is 14.6. The number of fused-ring (bicyclic) bond motifs is 2. The maximum atomic E-state index is 11.2. The number of hydrogen-bond acceptors (Lipinski definition) is 4. The van der Waals surface area contributed by atoms with E-state index >= 15 is 0 Å². The Bertz CT molecular complexity index is 2790. The van der Waals surface area contributed by atoms with E-state index in [9.17, 15) is 5.11 Å². The number of phenolic OH excluding ortho intramolecular Hbond substituents is 1. The van der Waals surface area contributed by atoms with Crippen molar-refractivity contribution < 1.29 is 9.52 Å². The molecular formula is C53H52N2O2. The van der Waals surface area contributed by atoms with Crippen molar-refractivity contribution in [2.45, 2.75) is 85.5 Å². The zero-order chi connectivity index (χ0) is 40.4. The van der Waals surface area contributed by atoms with Crippen molar-refractivity contribution in [1.82, 2.24) is 9.97 Å². The van der Waals surface area contributed by atoms with Crippen LogP contribution in [-0.4, -0.2) is 15.1 Å². The molecule has 4 nitrogen and oxygen atoms in total. The van der Waals surface area contributed by atoms with Crippen molar-refractivity contribution in [2.75, 3.05) is 0 Å². The normalized spacial score (nSPS) is 12.5. The predicted molar refractivity (Wildman–Crippen MR) is 239 cm³/mol. The van der Waals surface area contributed by atoms with Crippen LogP contribution in [0.3, 0.4) is 0 Å². The lowest BCUT2D eigenvalue weighted by Crippen LogP contribution is -2.13. The summed E-state index contributed by atoms with van der Waals surface area (Å²) in [6.45, 7) is 22.3. The number of aromatic nitrogens is 2. The number of phenols is 1. The molecule has 0 spiro atoms. The summed E-state index contributed by atoms with van der Waals surface area (Å²) < 4.78 is 6.68. The number of hydrogen-bond donors (Lipinski definition) is 1. The highest BCUT2D eigenvalue weighted by Crippen LogP contribution is 2.44. The first kappa shape index (κ1) is 37.9. The van der Waals surface area contributed by atoms with Gasteiger partial charge in [-0.15, -0.1) is 0 Å². The van der Waals surface area contributed by atoms with Crippen LogP contribution >= 0.6 is 0 Å². The first-order valence-corrected chi connectivity index (χ1v) is 20.0. The second-order valence-corrected chi connectivity index (χ2v) is 18.6. The lowest BCUT2D eigenvalue weighted by atomic mass is 9.80. The lowest BCUT2D eigenvalue weighted by Gasteiger charge is -2.25. The van der Waals surface area contributed by atoms with Crippen LogP contribution in [0.25, 0.3) is 78.0 Å². The van der Waals surface area contributed by atoms with E-state index in [1.165, 1.54) is 16.7 Å². The Morgan fingerprint density at radius 1 is 0.491 bits per heavy atom. The van der Waals surface area contributed by atoms with E-state index in [-0.39, 0.29) is 22.0 Å². The molecule has 0 bridgehead atoms. The third-order valence-electron chi connectivity index (χ3n) is 11.3. The summed E-state index contributed by atoms with van der Waals surface area (Å²) in [6.07, 6.45) is 1.89. The van der Waals surface area contributed by atoms with Crippen molar-refractivity contribution in [3.8, 4) is 61.7 Å². The van der Waals surface area contributed by atoms with Gasteiger partial charge in [-0.1, -0.05) is 129 Å². The second kappa shape index (κ2) is 13.9. The number of rotatable bonds is 5. The highest BCUT2D eigenvalue weighted by atomic mass is 16.3. The third kappa shape index (κ3) is 7.26. The van der Waals surface area contributed by atoms with E-state index in [0.29, 0.717) is 17.0 Å².